The van der Waals surface area contributed by atoms with Crippen LogP contribution in [0.5, 0.6) is 11.5 Å². The van der Waals surface area contributed by atoms with Crippen molar-refractivity contribution in [2.24, 2.45) is 17.3 Å². The maximum Gasteiger partial charge on any atom is 0.259 e. The van der Waals surface area contributed by atoms with Crippen LogP contribution in [0.1, 0.15) is 52.9 Å². The first kappa shape index (κ1) is 37.7. The van der Waals surface area contributed by atoms with Crippen molar-refractivity contribution < 1.29 is 37.1 Å². The van der Waals surface area contributed by atoms with Crippen LogP contribution in [0.4, 0.5) is 0 Å². The van der Waals surface area contributed by atoms with Crippen molar-refractivity contribution in [2.45, 2.75) is 75.8 Å². The zero-order valence-electron chi connectivity index (χ0n) is 30.5. The van der Waals surface area contributed by atoms with Gasteiger partial charge in [-0.05, 0) is 42.9 Å². The number of fused-ring (bicyclic) bond motifs is 1. The number of sulfonamides is 1. The summed E-state index contributed by atoms with van der Waals surface area (Å²) in [6, 6.07) is 15.7. The van der Waals surface area contributed by atoms with Crippen molar-refractivity contribution >= 4 is 44.4 Å². The molecule has 2 heterocycles. The second kappa shape index (κ2) is 14.4. The fraction of sp³-hybridized carbons (Fsp3) is 0.425. The molecule has 6 rings (SSSR count). The Kier molecular flexibility index (Phi) is 10.3. The summed E-state index contributed by atoms with van der Waals surface area (Å²) in [6.07, 6.45) is 3.04. The largest absolute Gasteiger partial charge is 0.497 e. The highest BCUT2D eigenvalue weighted by Gasteiger charge is 2.62. The highest BCUT2D eigenvalue weighted by Crippen LogP contribution is 2.46. The van der Waals surface area contributed by atoms with Gasteiger partial charge in [-0.1, -0.05) is 63.8 Å². The molecule has 2 aromatic carbocycles. The number of ether oxygens (including phenoxy) is 2. The van der Waals surface area contributed by atoms with Crippen molar-refractivity contribution in [1.82, 2.24) is 19.9 Å². The van der Waals surface area contributed by atoms with Crippen LogP contribution in [0, 0.1) is 17.3 Å². The average Bonchev–Trinajstić information content (AvgIpc) is 4.06. The molecular weight excluding hydrogens is 697 g/mol. The molecule has 0 bridgehead atoms. The van der Waals surface area contributed by atoms with Crippen molar-refractivity contribution in [2.75, 3.05) is 13.7 Å². The van der Waals surface area contributed by atoms with Gasteiger partial charge in [-0.3, -0.25) is 23.9 Å². The van der Waals surface area contributed by atoms with Crippen molar-refractivity contribution in [1.29, 1.82) is 0 Å². The minimum Gasteiger partial charge on any atom is -0.497 e. The van der Waals surface area contributed by atoms with Gasteiger partial charge in [0.15, 0.2) is 5.78 Å². The number of rotatable bonds is 14. The Morgan fingerprint density at radius 2 is 1.79 bits per heavy atom. The van der Waals surface area contributed by atoms with Crippen LogP contribution >= 0.6 is 0 Å². The summed E-state index contributed by atoms with van der Waals surface area (Å²) in [4.78, 5) is 61.2. The van der Waals surface area contributed by atoms with Crippen molar-refractivity contribution in [3.05, 3.63) is 79.9 Å². The first-order valence-electron chi connectivity index (χ1n) is 17.8. The zero-order chi connectivity index (χ0) is 38.3. The van der Waals surface area contributed by atoms with E-state index in [9.17, 15) is 27.6 Å². The molecule has 3 amide bonds. The number of carbonyl (C=O) groups is 4. The molecule has 5 atom stereocenters. The molecule has 3 aromatic rings. The summed E-state index contributed by atoms with van der Waals surface area (Å²) in [7, 11) is -2.32. The first-order valence-corrected chi connectivity index (χ1v) is 19.3. The van der Waals surface area contributed by atoms with Gasteiger partial charge in [0, 0.05) is 41.8 Å². The van der Waals surface area contributed by atoms with E-state index in [0.29, 0.717) is 40.9 Å². The molecule has 1 aromatic heterocycles. The van der Waals surface area contributed by atoms with Gasteiger partial charge >= 0.3 is 0 Å². The van der Waals surface area contributed by atoms with Crippen LogP contribution in [0.3, 0.4) is 0 Å². The van der Waals surface area contributed by atoms with Gasteiger partial charge in [0.1, 0.15) is 29.2 Å². The Labute approximate surface area is 310 Å². The number of ketones is 1. The number of likely N-dealkylation sites (tertiary alicyclic amines) is 1. The van der Waals surface area contributed by atoms with Gasteiger partial charge in [0.05, 0.1) is 36.0 Å². The first-order chi connectivity index (χ1) is 25.1. The normalized spacial score (nSPS) is 23.1. The number of amides is 3. The molecule has 1 unspecified atom stereocenters. The summed E-state index contributed by atoms with van der Waals surface area (Å²) in [5.74, 6) is -2.41. The maximum atomic E-state index is 14.5. The third kappa shape index (κ3) is 7.85. The average molecular weight is 743 g/mol. The van der Waals surface area contributed by atoms with E-state index in [1.807, 2.05) is 63.2 Å². The molecule has 2 aliphatic carbocycles. The lowest BCUT2D eigenvalue weighted by atomic mass is 9.76. The Balaban J connectivity index is 1.34. The number of benzene rings is 2. The van der Waals surface area contributed by atoms with Crippen LogP contribution in [-0.4, -0.2) is 78.4 Å². The van der Waals surface area contributed by atoms with E-state index in [0.717, 1.165) is 5.56 Å². The SMILES string of the molecule is C=CC(=O)C[C@@H](C(=O)N1CC(Oc2cc(-c3ccccc3)nc3cc(OC)ccc23)C[C@H]1C(=O)N[C@]1(C(=O)NS(=O)(=O)C2CC2)C[C@H]1C=C)C(C)(C)C. The molecular formula is C40H46N4O8S. The highest BCUT2D eigenvalue weighted by molar-refractivity contribution is 7.91. The molecule has 1 saturated heterocycles. The van der Waals surface area contributed by atoms with Crippen LogP contribution in [-0.2, 0) is 29.2 Å². The summed E-state index contributed by atoms with van der Waals surface area (Å²) in [6.45, 7) is 12.9. The minimum atomic E-state index is -3.89. The molecule has 53 heavy (non-hydrogen) atoms. The topological polar surface area (TPSA) is 161 Å². The van der Waals surface area contributed by atoms with Gasteiger partial charge in [-0.25, -0.2) is 13.4 Å². The molecule has 0 radical (unpaired) electrons. The quantitative estimate of drug-likeness (QED) is 0.176. The number of pyridine rings is 1. The Morgan fingerprint density at radius 3 is 2.40 bits per heavy atom. The molecule has 3 aliphatic rings. The van der Waals surface area contributed by atoms with Gasteiger partial charge in [-0.15, -0.1) is 6.58 Å². The summed E-state index contributed by atoms with van der Waals surface area (Å²) >= 11 is 0. The zero-order valence-corrected chi connectivity index (χ0v) is 31.3. The third-order valence-electron chi connectivity index (χ3n) is 10.4. The number of allylic oxidation sites excluding steroid dienone is 1. The lowest BCUT2D eigenvalue weighted by molar-refractivity contribution is -0.146. The third-order valence-corrected chi connectivity index (χ3v) is 12.2. The lowest BCUT2D eigenvalue weighted by Crippen LogP contribution is -2.57. The second-order valence-electron chi connectivity index (χ2n) is 15.2. The summed E-state index contributed by atoms with van der Waals surface area (Å²) in [5.41, 5.74) is -0.0770. The number of aromatic nitrogens is 1. The standard InChI is InChI=1S/C40H46N4O8S/c1-7-25-22-40(25,38(48)43-53(49,50)29-15-16-29)42-36(46)34-20-28(23-44(34)37(47)31(39(3,4)5)18-26(45)8-2)52-35-21-32(24-12-10-9-11-13-24)41-33-19-27(51-6)14-17-30(33)35/h7-14,17,19,21,25,28-29,31,34H,1-2,15-16,18,20,22-23H2,3-6H3,(H,42,46)(H,43,48)/t25-,28?,31+,34+,40-/m1/s1. The smallest absolute Gasteiger partial charge is 0.259 e. The number of hydrogen-bond acceptors (Lipinski definition) is 9. The number of methoxy groups -OCH3 is 1. The number of nitrogens with one attached hydrogen (secondary N) is 2. The second-order valence-corrected chi connectivity index (χ2v) is 17.2. The Bertz CT molecular complexity index is 2070. The summed E-state index contributed by atoms with van der Waals surface area (Å²) < 4.78 is 39.7. The van der Waals surface area contributed by atoms with E-state index in [2.05, 4.69) is 23.2 Å². The van der Waals surface area contributed by atoms with Crippen molar-refractivity contribution in [3.8, 4) is 22.8 Å². The van der Waals surface area contributed by atoms with Gasteiger partial charge in [0.25, 0.3) is 5.91 Å². The Morgan fingerprint density at radius 1 is 1.08 bits per heavy atom. The molecule has 13 heteroatoms. The van der Waals surface area contributed by atoms with E-state index >= 15 is 0 Å². The Hall–Kier alpha value is -5.04. The number of hydrogen-bond donors (Lipinski definition) is 2. The van der Waals surface area contributed by atoms with E-state index < -0.39 is 67.9 Å². The fourth-order valence-electron chi connectivity index (χ4n) is 6.98. The van der Waals surface area contributed by atoms with Crippen LogP contribution in [0.2, 0.25) is 0 Å². The van der Waals surface area contributed by atoms with Crippen LogP contribution < -0.4 is 19.5 Å². The molecule has 3 fully saturated rings. The molecule has 12 nitrogen and oxygen atoms in total. The van der Waals surface area contributed by atoms with E-state index in [4.69, 9.17) is 14.5 Å². The van der Waals surface area contributed by atoms with Gasteiger partial charge < -0.3 is 19.7 Å². The van der Waals surface area contributed by atoms with E-state index in [1.165, 1.54) is 17.1 Å². The fourth-order valence-corrected chi connectivity index (χ4v) is 8.34. The lowest BCUT2D eigenvalue weighted by Gasteiger charge is -2.35. The maximum absolute atomic E-state index is 14.5. The minimum absolute atomic E-state index is 0.00651. The van der Waals surface area contributed by atoms with E-state index in [-0.39, 0.29) is 31.6 Å². The number of nitrogens with zero attached hydrogens (tertiary/aromatic N) is 2. The molecule has 2 N–H and O–H groups in total. The monoisotopic (exact) mass is 742 g/mol. The van der Waals surface area contributed by atoms with Crippen LogP contribution in [0.25, 0.3) is 22.2 Å². The number of carbonyl (C=O) groups excluding carboxylic acids is 4. The predicted octanol–water partition coefficient (Wildman–Crippen LogP) is 4.74. The van der Waals surface area contributed by atoms with Gasteiger partial charge in [-0.2, -0.15) is 0 Å². The highest BCUT2D eigenvalue weighted by atomic mass is 32.2. The van der Waals surface area contributed by atoms with E-state index in [1.54, 1.807) is 19.2 Å². The molecule has 0 spiro atoms. The molecule has 2 saturated carbocycles. The molecule has 280 valence electrons. The predicted molar refractivity (Wildman–Crippen MR) is 200 cm³/mol. The summed E-state index contributed by atoms with van der Waals surface area (Å²) in [5, 5.41) is 2.88. The molecule has 1 aliphatic heterocycles. The van der Waals surface area contributed by atoms with Gasteiger partial charge in [0.2, 0.25) is 21.8 Å². The van der Waals surface area contributed by atoms with Crippen molar-refractivity contribution in [3.63, 3.8) is 0 Å². The van der Waals surface area contributed by atoms with Crippen LogP contribution in [0.15, 0.2) is 79.9 Å².